The summed E-state index contributed by atoms with van der Waals surface area (Å²) in [4.78, 5) is 0. The third-order valence-electron chi connectivity index (χ3n) is 1.55. The van der Waals surface area contributed by atoms with E-state index in [2.05, 4.69) is 24.3 Å². The monoisotopic (exact) mass is 109 g/mol. The second-order valence-electron chi connectivity index (χ2n) is 2.29. The minimum Gasteiger partial charge on any atom is -0.359 e. The van der Waals surface area contributed by atoms with Gasteiger partial charge in [0.15, 0.2) is 0 Å². The lowest BCUT2D eigenvalue weighted by atomic mass is 9.70. The number of hydrogen-bond donors (Lipinski definition) is 1. The van der Waals surface area contributed by atoms with Crippen LogP contribution in [0.1, 0.15) is 13.8 Å². The van der Waals surface area contributed by atoms with Crippen LogP contribution in [-0.2, 0) is 0 Å². The average molecular weight is 109 g/mol. The molecule has 0 aromatic rings. The Bertz CT molecular complexity index is 103. The van der Waals surface area contributed by atoms with Gasteiger partial charge in [0.05, 0.1) is 0 Å². The molecule has 2 unspecified atom stereocenters. The molecule has 0 aromatic heterocycles. The van der Waals surface area contributed by atoms with Crippen molar-refractivity contribution in [3.05, 3.63) is 0 Å². The molecule has 2 atom stereocenters. The summed E-state index contributed by atoms with van der Waals surface area (Å²) in [7, 11) is 2.00. The first-order chi connectivity index (χ1) is 3.80. The van der Waals surface area contributed by atoms with E-state index in [-0.39, 0.29) is 0 Å². The lowest BCUT2D eigenvalue weighted by molar-refractivity contribution is 0.706. The van der Waals surface area contributed by atoms with Crippen LogP contribution in [0, 0.1) is 5.92 Å². The van der Waals surface area contributed by atoms with Gasteiger partial charge in [-0.15, -0.1) is 0 Å². The van der Waals surface area contributed by atoms with Gasteiger partial charge < -0.3 is 5.34 Å². The maximum absolute atomic E-state index is 3.88. The average Bonchev–Trinajstić information content (AvgIpc) is 1.77. The van der Waals surface area contributed by atoms with Crippen molar-refractivity contribution < 1.29 is 0 Å². The summed E-state index contributed by atoms with van der Waals surface area (Å²) in [5, 5.41) is 6.69. The molecule has 1 N–H and O–H groups in total. The first kappa shape index (κ1) is 5.67. The number of hydrazone groups is 1. The molecule has 43 valence electrons. The first-order valence-electron chi connectivity index (χ1n) is 2.93. The normalized spacial score (nSPS) is 35.8. The lowest BCUT2D eigenvalue weighted by Crippen LogP contribution is -2.27. The zero-order chi connectivity index (χ0) is 5.98. The van der Waals surface area contributed by atoms with Crippen LogP contribution in [0.15, 0.2) is 5.10 Å². The SMILES string of the molecule is CC1[B]NN=CC1C. The summed E-state index contributed by atoms with van der Waals surface area (Å²) in [5.74, 6) is 1.21. The highest BCUT2D eigenvalue weighted by molar-refractivity contribution is 6.35. The zero-order valence-corrected chi connectivity index (χ0v) is 5.26. The largest absolute Gasteiger partial charge is 0.359 e. The summed E-state index contributed by atoms with van der Waals surface area (Å²) < 4.78 is 0. The van der Waals surface area contributed by atoms with E-state index < -0.39 is 0 Å². The Labute approximate surface area is 50.6 Å². The molecule has 1 rings (SSSR count). The highest BCUT2D eigenvalue weighted by Crippen LogP contribution is 2.14. The molecule has 1 radical (unpaired) electrons. The Balaban J connectivity index is 2.47. The maximum Gasteiger partial charge on any atom is 0.271 e. The fourth-order valence-electron chi connectivity index (χ4n) is 0.609. The Hall–Kier alpha value is -0.465. The number of rotatable bonds is 0. The topological polar surface area (TPSA) is 24.4 Å². The quantitative estimate of drug-likeness (QED) is 0.453. The van der Waals surface area contributed by atoms with Gasteiger partial charge in [-0.25, -0.2) is 5.10 Å². The van der Waals surface area contributed by atoms with E-state index in [0.717, 1.165) is 0 Å². The standard InChI is InChI=1S/C5H10BN2/c1-4-3-7-8-6-5(4)2/h3-5,8H,1-2H3. The maximum atomic E-state index is 3.88. The summed E-state index contributed by atoms with van der Waals surface area (Å²) in [6.45, 7) is 4.33. The van der Waals surface area contributed by atoms with E-state index in [1.165, 1.54) is 0 Å². The van der Waals surface area contributed by atoms with Crippen molar-refractivity contribution in [1.29, 1.82) is 0 Å². The minimum absolute atomic E-state index is 0.594. The molecule has 0 fully saturated rings. The Morgan fingerprint density at radius 3 is 2.75 bits per heavy atom. The fourth-order valence-corrected chi connectivity index (χ4v) is 0.609. The molecule has 0 aromatic carbocycles. The van der Waals surface area contributed by atoms with Gasteiger partial charge in [0.1, 0.15) is 0 Å². The highest BCUT2D eigenvalue weighted by atomic mass is 15.2. The van der Waals surface area contributed by atoms with Crippen molar-refractivity contribution in [3.8, 4) is 0 Å². The Morgan fingerprint density at radius 2 is 2.38 bits per heavy atom. The molecule has 0 saturated heterocycles. The number of nitrogens with one attached hydrogen (secondary N) is 1. The summed E-state index contributed by atoms with van der Waals surface area (Å²) >= 11 is 0. The van der Waals surface area contributed by atoms with Gasteiger partial charge in [0.2, 0.25) is 0 Å². The molecule has 0 spiro atoms. The third kappa shape index (κ3) is 1.03. The smallest absolute Gasteiger partial charge is 0.271 e. The number of nitrogens with zero attached hydrogens (tertiary/aromatic N) is 1. The van der Waals surface area contributed by atoms with Gasteiger partial charge >= 0.3 is 0 Å². The molecular formula is C5H10BN2. The summed E-state index contributed by atoms with van der Waals surface area (Å²) in [6, 6.07) is 0. The van der Waals surface area contributed by atoms with Crippen molar-refractivity contribution >= 4 is 13.6 Å². The van der Waals surface area contributed by atoms with Gasteiger partial charge in [-0.2, -0.15) is 0 Å². The summed E-state index contributed by atoms with van der Waals surface area (Å²) in [5.41, 5.74) is 0. The van der Waals surface area contributed by atoms with Gasteiger partial charge in [0, 0.05) is 6.21 Å². The van der Waals surface area contributed by atoms with E-state index in [9.17, 15) is 0 Å². The zero-order valence-electron chi connectivity index (χ0n) is 5.26. The molecule has 3 heteroatoms. The van der Waals surface area contributed by atoms with Crippen LogP contribution in [0.3, 0.4) is 0 Å². The molecule has 0 saturated carbocycles. The molecule has 1 heterocycles. The van der Waals surface area contributed by atoms with Gasteiger partial charge in [-0.05, 0) is 11.7 Å². The molecular weight excluding hydrogens is 98.9 g/mol. The van der Waals surface area contributed by atoms with Crippen LogP contribution >= 0.6 is 0 Å². The van der Waals surface area contributed by atoms with Crippen molar-refractivity contribution in [2.45, 2.75) is 19.7 Å². The van der Waals surface area contributed by atoms with E-state index in [0.29, 0.717) is 11.7 Å². The lowest BCUT2D eigenvalue weighted by Gasteiger charge is -2.17. The van der Waals surface area contributed by atoms with E-state index in [1.807, 2.05) is 13.6 Å². The third-order valence-corrected chi connectivity index (χ3v) is 1.55. The van der Waals surface area contributed by atoms with Crippen molar-refractivity contribution in [1.82, 2.24) is 5.34 Å². The van der Waals surface area contributed by atoms with E-state index >= 15 is 0 Å². The van der Waals surface area contributed by atoms with Gasteiger partial charge in [-0.3, -0.25) is 0 Å². The van der Waals surface area contributed by atoms with Crippen LogP contribution in [0.2, 0.25) is 5.82 Å². The molecule has 0 aliphatic carbocycles. The van der Waals surface area contributed by atoms with Crippen molar-refractivity contribution in [3.63, 3.8) is 0 Å². The highest BCUT2D eigenvalue weighted by Gasteiger charge is 2.14. The van der Waals surface area contributed by atoms with Crippen LogP contribution in [0.5, 0.6) is 0 Å². The Kier molecular flexibility index (Phi) is 1.56. The first-order valence-corrected chi connectivity index (χ1v) is 2.93. The molecule has 0 amide bonds. The van der Waals surface area contributed by atoms with Gasteiger partial charge in [-0.1, -0.05) is 13.8 Å². The minimum atomic E-state index is 0.594. The molecule has 2 nitrogen and oxygen atoms in total. The van der Waals surface area contributed by atoms with E-state index in [4.69, 9.17) is 0 Å². The second kappa shape index (κ2) is 2.20. The predicted octanol–water partition coefficient (Wildman–Crippen LogP) is 0.639. The van der Waals surface area contributed by atoms with E-state index in [1.54, 1.807) is 0 Å². The van der Waals surface area contributed by atoms with Crippen molar-refractivity contribution in [2.75, 3.05) is 0 Å². The molecule has 0 bridgehead atoms. The fraction of sp³-hybridized carbons (Fsp3) is 0.800. The number of hydrogen-bond acceptors (Lipinski definition) is 2. The predicted molar refractivity (Wildman–Crippen MR) is 36.0 cm³/mol. The van der Waals surface area contributed by atoms with Crippen LogP contribution < -0.4 is 5.34 Å². The molecule has 8 heavy (non-hydrogen) atoms. The van der Waals surface area contributed by atoms with Gasteiger partial charge in [0.25, 0.3) is 7.41 Å². The van der Waals surface area contributed by atoms with Crippen molar-refractivity contribution in [2.24, 2.45) is 11.0 Å². The second-order valence-corrected chi connectivity index (χ2v) is 2.29. The van der Waals surface area contributed by atoms with Crippen LogP contribution in [-0.4, -0.2) is 13.6 Å². The van der Waals surface area contributed by atoms with Crippen LogP contribution in [0.4, 0.5) is 0 Å². The molecule has 1 aliphatic rings. The Morgan fingerprint density at radius 1 is 1.62 bits per heavy atom. The molecule has 1 aliphatic heterocycles. The summed E-state index contributed by atoms with van der Waals surface area (Å²) in [6.07, 6.45) is 1.94. The van der Waals surface area contributed by atoms with Crippen LogP contribution in [0.25, 0.3) is 0 Å².